The third kappa shape index (κ3) is 3.15. The van der Waals surface area contributed by atoms with Crippen LogP contribution >= 0.6 is 0 Å². The Hall–Kier alpha value is -3.09. The van der Waals surface area contributed by atoms with E-state index in [2.05, 4.69) is 15.4 Å². The molecule has 1 heterocycles. The van der Waals surface area contributed by atoms with Crippen LogP contribution in [0.15, 0.2) is 54.6 Å². The van der Waals surface area contributed by atoms with E-state index in [-0.39, 0.29) is 17.5 Å². The van der Waals surface area contributed by atoms with Crippen molar-refractivity contribution in [3.63, 3.8) is 0 Å². The maximum atomic E-state index is 13.4. The number of carbonyl (C=O) groups is 1. The quantitative estimate of drug-likeness (QED) is 0.737. The lowest BCUT2D eigenvalue weighted by atomic mass is 10.1. The number of hydrogen-bond acceptors (Lipinski definition) is 4. The van der Waals surface area contributed by atoms with Crippen molar-refractivity contribution < 1.29 is 9.18 Å². The fourth-order valence-electron chi connectivity index (χ4n) is 2.33. The van der Waals surface area contributed by atoms with Crippen molar-refractivity contribution in [1.29, 1.82) is 0 Å². The van der Waals surface area contributed by atoms with Gasteiger partial charge in [0.05, 0.1) is 0 Å². The van der Waals surface area contributed by atoms with Crippen molar-refractivity contribution in [2.75, 3.05) is 14.1 Å². The molecule has 7 heteroatoms. The highest BCUT2D eigenvalue weighted by molar-refractivity contribution is 5.83. The topological polar surface area (TPSA) is 63.9 Å². The largest absolute Gasteiger partial charge is 0.347 e. The first kappa shape index (κ1) is 15.8. The molecule has 0 bridgehead atoms. The Kier molecular flexibility index (Phi) is 4.33. The first-order chi connectivity index (χ1) is 11.6. The molecule has 0 aliphatic carbocycles. The number of amides is 1. The lowest BCUT2D eigenvalue weighted by Crippen LogP contribution is -2.33. The van der Waals surface area contributed by atoms with E-state index in [1.165, 1.54) is 21.8 Å². The van der Waals surface area contributed by atoms with E-state index in [4.69, 9.17) is 0 Å². The van der Waals surface area contributed by atoms with Gasteiger partial charge in [-0.05, 0) is 22.9 Å². The number of benzene rings is 2. The van der Waals surface area contributed by atoms with Crippen LogP contribution in [0.25, 0.3) is 11.4 Å². The number of carbonyl (C=O) groups excluding carboxylic acids is 1. The molecule has 0 fully saturated rings. The fourth-order valence-corrected chi connectivity index (χ4v) is 2.33. The van der Waals surface area contributed by atoms with Gasteiger partial charge < -0.3 is 4.90 Å². The van der Waals surface area contributed by atoms with Crippen molar-refractivity contribution in [1.82, 2.24) is 25.1 Å². The van der Waals surface area contributed by atoms with Crippen LogP contribution in [0.4, 0.5) is 4.39 Å². The second-order valence-electron chi connectivity index (χ2n) is 5.49. The SMILES string of the molecule is CN(C)C(=O)[C@@H](c1ccccc1)n1nnc(-c2cccc(F)c2)n1. The molecule has 0 unspecified atom stereocenters. The molecule has 0 aliphatic rings. The normalized spacial score (nSPS) is 12.0. The van der Waals surface area contributed by atoms with Crippen molar-refractivity contribution in [3.8, 4) is 11.4 Å². The highest BCUT2D eigenvalue weighted by atomic mass is 19.1. The third-order valence-electron chi connectivity index (χ3n) is 3.53. The molecule has 2 aromatic carbocycles. The molecular formula is C17H16FN5O. The van der Waals surface area contributed by atoms with Crippen LogP contribution in [0.5, 0.6) is 0 Å². The van der Waals surface area contributed by atoms with Gasteiger partial charge in [-0.2, -0.15) is 0 Å². The standard InChI is InChI=1S/C17H16FN5O/c1-22(2)17(24)15(12-7-4-3-5-8-12)23-20-16(19-21-23)13-9-6-10-14(18)11-13/h3-11,15H,1-2H3/t15-/m1/s1. The number of likely N-dealkylation sites (N-methyl/N-ethyl adjacent to an activating group) is 1. The fraction of sp³-hybridized carbons (Fsp3) is 0.176. The Bertz CT molecular complexity index is 847. The Morgan fingerprint density at radius 2 is 1.88 bits per heavy atom. The summed E-state index contributed by atoms with van der Waals surface area (Å²) in [7, 11) is 3.34. The molecule has 1 amide bonds. The van der Waals surface area contributed by atoms with Crippen LogP contribution in [0.3, 0.4) is 0 Å². The summed E-state index contributed by atoms with van der Waals surface area (Å²) >= 11 is 0. The molecule has 1 aromatic heterocycles. The van der Waals surface area contributed by atoms with Crippen molar-refractivity contribution in [2.45, 2.75) is 6.04 Å². The summed E-state index contributed by atoms with van der Waals surface area (Å²) in [5, 5.41) is 12.3. The molecule has 0 saturated carbocycles. The van der Waals surface area contributed by atoms with E-state index in [1.54, 1.807) is 26.2 Å². The zero-order valence-corrected chi connectivity index (χ0v) is 13.3. The van der Waals surface area contributed by atoms with Gasteiger partial charge in [0, 0.05) is 19.7 Å². The number of tetrazole rings is 1. The van der Waals surface area contributed by atoms with E-state index in [0.717, 1.165) is 5.56 Å². The summed E-state index contributed by atoms with van der Waals surface area (Å²) in [6.45, 7) is 0. The Labute approximate surface area is 138 Å². The van der Waals surface area contributed by atoms with Gasteiger partial charge in [0.2, 0.25) is 5.82 Å². The van der Waals surface area contributed by atoms with Gasteiger partial charge in [-0.1, -0.05) is 42.5 Å². The average Bonchev–Trinajstić information content (AvgIpc) is 3.05. The predicted octanol–water partition coefficient (Wildman–Crippen LogP) is 2.16. The van der Waals surface area contributed by atoms with Gasteiger partial charge in [0.1, 0.15) is 5.82 Å². The molecule has 0 aliphatic heterocycles. The first-order valence-corrected chi connectivity index (χ1v) is 7.38. The van der Waals surface area contributed by atoms with Gasteiger partial charge in [0.15, 0.2) is 6.04 Å². The number of nitrogens with zero attached hydrogens (tertiary/aromatic N) is 5. The van der Waals surface area contributed by atoms with Crippen LogP contribution in [0.2, 0.25) is 0 Å². The zero-order chi connectivity index (χ0) is 17.1. The van der Waals surface area contributed by atoms with E-state index < -0.39 is 6.04 Å². The monoisotopic (exact) mass is 325 g/mol. The molecule has 3 rings (SSSR count). The van der Waals surface area contributed by atoms with Crippen LogP contribution in [0, 0.1) is 5.82 Å². The highest BCUT2D eigenvalue weighted by Crippen LogP contribution is 2.21. The summed E-state index contributed by atoms with van der Waals surface area (Å²) in [6, 6.07) is 14.4. The average molecular weight is 325 g/mol. The van der Waals surface area contributed by atoms with Gasteiger partial charge in [0.25, 0.3) is 5.91 Å². The van der Waals surface area contributed by atoms with E-state index in [0.29, 0.717) is 5.56 Å². The molecular weight excluding hydrogens is 309 g/mol. The minimum Gasteiger partial charge on any atom is -0.347 e. The minimum atomic E-state index is -0.726. The minimum absolute atomic E-state index is 0.176. The van der Waals surface area contributed by atoms with E-state index in [9.17, 15) is 9.18 Å². The van der Waals surface area contributed by atoms with E-state index >= 15 is 0 Å². The summed E-state index contributed by atoms with van der Waals surface area (Å²) in [5.41, 5.74) is 1.25. The predicted molar refractivity (Wildman–Crippen MR) is 86.5 cm³/mol. The number of hydrogen-bond donors (Lipinski definition) is 0. The summed E-state index contributed by atoms with van der Waals surface area (Å²) in [6.07, 6.45) is 0. The lowest BCUT2D eigenvalue weighted by molar-refractivity contribution is -0.131. The van der Waals surface area contributed by atoms with Crippen molar-refractivity contribution >= 4 is 5.91 Å². The third-order valence-corrected chi connectivity index (χ3v) is 3.53. The Morgan fingerprint density at radius 3 is 2.54 bits per heavy atom. The van der Waals surface area contributed by atoms with Gasteiger partial charge >= 0.3 is 0 Å². The molecule has 0 N–H and O–H groups in total. The zero-order valence-electron chi connectivity index (χ0n) is 13.3. The van der Waals surface area contributed by atoms with Crippen LogP contribution in [0.1, 0.15) is 11.6 Å². The Balaban J connectivity index is 2.02. The summed E-state index contributed by atoms with van der Waals surface area (Å²) in [5.74, 6) is -0.292. The molecule has 0 spiro atoms. The molecule has 122 valence electrons. The number of rotatable bonds is 4. The molecule has 0 radical (unpaired) electrons. The molecule has 24 heavy (non-hydrogen) atoms. The maximum absolute atomic E-state index is 13.4. The second kappa shape index (κ2) is 6.57. The molecule has 3 aromatic rings. The highest BCUT2D eigenvalue weighted by Gasteiger charge is 2.27. The maximum Gasteiger partial charge on any atom is 0.253 e. The lowest BCUT2D eigenvalue weighted by Gasteiger charge is -2.19. The van der Waals surface area contributed by atoms with E-state index in [1.807, 2.05) is 30.3 Å². The van der Waals surface area contributed by atoms with Crippen molar-refractivity contribution in [2.24, 2.45) is 0 Å². The molecule has 6 nitrogen and oxygen atoms in total. The summed E-state index contributed by atoms with van der Waals surface area (Å²) in [4.78, 5) is 15.3. The molecule has 0 saturated heterocycles. The number of aromatic nitrogens is 4. The smallest absolute Gasteiger partial charge is 0.253 e. The van der Waals surface area contributed by atoms with Crippen molar-refractivity contribution in [3.05, 3.63) is 66.0 Å². The van der Waals surface area contributed by atoms with Crippen LogP contribution in [-0.2, 0) is 4.79 Å². The second-order valence-corrected chi connectivity index (χ2v) is 5.49. The van der Waals surface area contributed by atoms with Gasteiger partial charge in [-0.15, -0.1) is 15.0 Å². The van der Waals surface area contributed by atoms with Crippen LogP contribution in [-0.4, -0.2) is 45.1 Å². The van der Waals surface area contributed by atoms with Gasteiger partial charge in [-0.25, -0.2) is 4.39 Å². The Morgan fingerprint density at radius 1 is 1.12 bits per heavy atom. The number of halogens is 1. The summed E-state index contributed by atoms with van der Waals surface area (Å²) < 4.78 is 13.4. The van der Waals surface area contributed by atoms with Gasteiger partial charge in [-0.3, -0.25) is 4.79 Å². The first-order valence-electron chi connectivity index (χ1n) is 7.38. The van der Waals surface area contributed by atoms with Crippen LogP contribution < -0.4 is 0 Å². The molecule has 1 atom stereocenters.